The van der Waals surface area contributed by atoms with Crippen molar-refractivity contribution in [2.75, 3.05) is 26.2 Å². The van der Waals surface area contributed by atoms with Crippen LogP contribution in [0, 0.1) is 11.8 Å². The highest BCUT2D eigenvalue weighted by Crippen LogP contribution is 2.15. The number of rotatable bonds is 6. The molecule has 1 aromatic carbocycles. The van der Waals surface area contributed by atoms with Crippen LogP contribution in [0.1, 0.15) is 17.3 Å². The van der Waals surface area contributed by atoms with Crippen molar-refractivity contribution in [3.63, 3.8) is 0 Å². The van der Waals surface area contributed by atoms with Gasteiger partial charge < -0.3 is 16.0 Å². The smallest absolute Gasteiger partial charge is 0.251 e. The summed E-state index contributed by atoms with van der Waals surface area (Å²) in [7, 11) is 0. The molecular weight excluding hydrogens is 254 g/mol. The Balaban J connectivity index is 1.63. The second kappa shape index (κ2) is 7.05. The van der Waals surface area contributed by atoms with Gasteiger partial charge >= 0.3 is 0 Å². The third-order valence-corrected chi connectivity index (χ3v) is 3.68. The normalized spacial score (nSPS) is 16.1. The molecule has 2 rings (SSSR count). The predicted molar refractivity (Wildman–Crippen MR) is 77.3 cm³/mol. The van der Waals surface area contributed by atoms with Crippen LogP contribution in [0.15, 0.2) is 30.3 Å². The summed E-state index contributed by atoms with van der Waals surface area (Å²) in [5, 5.41) is 8.80. The van der Waals surface area contributed by atoms with Crippen LogP contribution in [-0.4, -0.2) is 38.0 Å². The van der Waals surface area contributed by atoms with E-state index in [1.807, 2.05) is 25.1 Å². The molecule has 1 fully saturated rings. The van der Waals surface area contributed by atoms with E-state index in [1.54, 1.807) is 12.1 Å². The molecule has 5 nitrogen and oxygen atoms in total. The van der Waals surface area contributed by atoms with Gasteiger partial charge in [0.2, 0.25) is 5.91 Å². The Kier molecular flexibility index (Phi) is 5.12. The zero-order valence-corrected chi connectivity index (χ0v) is 11.7. The van der Waals surface area contributed by atoms with Crippen molar-refractivity contribution in [3.8, 4) is 0 Å². The summed E-state index contributed by atoms with van der Waals surface area (Å²) in [6.07, 6.45) is 0. The lowest BCUT2D eigenvalue weighted by atomic mass is 9.88. The van der Waals surface area contributed by atoms with E-state index >= 15 is 0 Å². The van der Waals surface area contributed by atoms with Gasteiger partial charge in [-0.3, -0.25) is 9.59 Å². The Labute approximate surface area is 119 Å². The molecule has 1 aliphatic heterocycles. The standard InChI is InChI=1S/C15H21N3O2/c1-11(13-9-16-10-13)14(19)17-7-8-18-15(20)12-5-3-2-4-6-12/h2-6,11,13,16H,7-10H2,1H3,(H,17,19)(H,18,20). The second-order valence-corrected chi connectivity index (χ2v) is 5.12. The average molecular weight is 275 g/mol. The Morgan fingerprint density at radius 3 is 2.45 bits per heavy atom. The topological polar surface area (TPSA) is 70.2 Å². The number of hydrogen-bond acceptors (Lipinski definition) is 3. The van der Waals surface area contributed by atoms with Crippen LogP contribution in [0.25, 0.3) is 0 Å². The molecule has 0 aromatic heterocycles. The molecule has 1 unspecified atom stereocenters. The lowest BCUT2D eigenvalue weighted by Gasteiger charge is -2.31. The van der Waals surface area contributed by atoms with Crippen molar-refractivity contribution in [3.05, 3.63) is 35.9 Å². The van der Waals surface area contributed by atoms with Crippen molar-refractivity contribution in [2.45, 2.75) is 6.92 Å². The third-order valence-electron chi connectivity index (χ3n) is 3.68. The summed E-state index contributed by atoms with van der Waals surface area (Å²) in [6.45, 7) is 4.68. The van der Waals surface area contributed by atoms with Crippen molar-refractivity contribution in [2.24, 2.45) is 11.8 Å². The van der Waals surface area contributed by atoms with E-state index in [2.05, 4.69) is 16.0 Å². The van der Waals surface area contributed by atoms with Gasteiger partial charge in [-0.05, 0) is 31.1 Å². The molecule has 0 radical (unpaired) electrons. The van der Waals surface area contributed by atoms with E-state index in [-0.39, 0.29) is 17.7 Å². The molecule has 5 heteroatoms. The van der Waals surface area contributed by atoms with Crippen LogP contribution >= 0.6 is 0 Å². The number of benzene rings is 1. The minimum Gasteiger partial charge on any atom is -0.354 e. The number of amides is 2. The summed E-state index contributed by atoms with van der Waals surface area (Å²) in [5.41, 5.74) is 0.632. The lowest BCUT2D eigenvalue weighted by Crippen LogP contribution is -2.50. The summed E-state index contributed by atoms with van der Waals surface area (Å²) in [5.74, 6) is 0.413. The average Bonchev–Trinajstić information content (AvgIpc) is 2.42. The zero-order valence-electron chi connectivity index (χ0n) is 11.7. The maximum Gasteiger partial charge on any atom is 0.251 e. The van der Waals surface area contributed by atoms with Gasteiger partial charge in [-0.15, -0.1) is 0 Å². The summed E-state index contributed by atoms with van der Waals surface area (Å²) < 4.78 is 0. The van der Waals surface area contributed by atoms with Crippen molar-refractivity contribution < 1.29 is 9.59 Å². The Morgan fingerprint density at radius 2 is 1.85 bits per heavy atom. The third kappa shape index (κ3) is 3.81. The van der Waals surface area contributed by atoms with Crippen molar-refractivity contribution in [1.82, 2.24) is 16.0 Å². The van der Waals surface area contributed by atoms with Crippen LogP contribution in [0.3, 0.4) is 0 Å². The second-order valence-electron chi connectivity index (χ2n) is 5.12. The van der Waals surface area contributed by atoms with Crippen LogP contribution in [0.2, 0.25) is 0 Å². The maximum absolute atomic E-state index is 11.8. The monoisotopic (exact) mass is 275 g/mol. The molecule has 1 aromatic rings. The van der Waals surface area contributed by atoms with Gasteiger partial charge in [-0.1, -0.05) is 25.1 Å². The van der Waals surface area contributed by atoms with Gasteiger partial charge in [0.15, 0.2) is 0 Å². The van der Waals surface area contributed by atoms with Crippen LogP contribution in [0.4, 0.5) is 0 Å². The van der Waals surface area contributed by atoms with Gasteiger partial charge in [0, 0.05) is 24.6 Å². The quantitative estimate of drug-likeness (QED) is 0.658. The van der Waals surface area contributed by atoms with E-state index in [0.29, 0.717) is 24.6 Å². The van der Waals surface area contributed by atoms with Gasteiger partial charge in [-0.25, -0.2) is 0 Å². The minimum atomic E-state index is -0.115. The molecule has 2 amide bonds. The van der Waals surface area contributed by atoms with Gasteiger partial charge in [0.05, 0.1) is 0 Å². The van der Waals surface area contributed by atoms with E-state index < -0.39 is 0 Å². The molecule has 0 bridgehead atoms. The molecular formula is C15H21N3O2. The molecule has 1 aliphatic rings. The van der Waals surface area contributed by atoms with E-state index in [4.69, 9.17) is 0 Å². The van der Waals surface area contributed by atoms with Gasteiger partial charge in [0.1, 0.15) is 0 Å². The fourth-order valence-corrected chi connectivity index (χ4v) is 2.09. The van der Waals surface area contributed by atoms with E-state index in [9.17, 15) is 9.59 Å². The van der Waals surface area contributed by atoms with Gasteiger partial charge in [-0.2, -0.15) is 0 Å². The number of nitrogens with one attached hydrogen (secondary N) is 3. The molecule has 0 spiro atoms. The number of carbonyl (C=O) groups excluding carboxylic acids is 2. The first kappa shape index (κ1) is 14.5. The van der Waals surface area contributed by atoms with E-state index in [1.165, 1.54) is 0 Å². The Hall–Kier alpha value is -1.88. The molecule has 1 atom stereocenters. The molecule has 108 valence electrons. The van der Waals surface area contributed by atoms with Crippen molar-refractivity contribution in [1.29, 1.82) is 0 Å². The van der Waals surface area contributed by atoms with Crippen molar-refractivity contribution >= 4 is 11.8 Å². The molecule has 3 N–H and O–H groups in total. The predicted octanol–water partition coefficient (Wildman–Crippen LogP) is 0.388. The maximum atomic E-state index is 11.8. The minimum absolute atomic E-state index is 0.0288. The number of carbonyl (C=O) groups is 2. The summed E-state index contributed by atoms with van der Waals surface area (Å²) >= 11 is 0. The molecule has 1 heterocycles. The Morgan fingerprint density at radius 1 is 1.20 bits per heavy atom. The molecule has 0 saturated carbocycles. The summed E-state index contributed by atoms with van der Waals surface area (Å²) in [4.78, 5) is 23.6. The molecule has 1 saturated heterocycles. The first-order chi connectivity index (χ1) is 9.68. The lowest BCUT2D eigenvalue weighted by molar-refractivity contribution is -0.126. The van der Waals surface area contributed by atoms with Crippen LogP contribution in [-0.2, 0) is 4.79 Å². The highest BCUT2D eigenvalue weighted by Gasteiger charge is 2.28. The highest BCUT2D eigenvalue weighted by molar-refractivity contribution is 5.94. The van der Waals surface area contributed by atoms with E-state index in [0.717, 1.165) is 13.1 Å². The first-order valence-electron chi connectivity index (χ1n) is 7.00. The van der Waals surface area contributed by atoms with Gasteiger partial charge in [0.25, 0.3) is 5.91 Å². The Bertz CT molecular complexity index is 457. The fourth-order valence-electron chi connectivity index (χ4n) is 2.09. The van der Waals surface area contributed by atoms with Crippen LogP contribution < -0.4 is 16.0 Å². The first-order valence-corrected chi connectivity index (χ1v) is 7.00. The van der Waals surface area contributed by atoms with Crippen LogP contribution in [0.5, 0.6) is 0 Å². The summed E-state index contributed by atoms with van der Waals surface area (Å²) in [6, 6.07) is 9.04. The molecule has 20 heavy (non-hydrogen) atoms. The fraction of sp³-hybridized carbons (Fsp3) is 0.467. The largest absolute Gasteiger partial charge is 0.354 e. The highest BCUT2D eigenvalue weighted by atomic mass is 16.2. The number of hydrogen-bond donors (Lipinski definition) is 3. The SMILES string of the molecule is CC(C(=O)NCCNC(=O)c1ccccc1)C1CNC1. The molecule has 0 aliphatic carbocycles. The zero-order chi connectivity index (χ0) is 14.4.